The summed E-state index contributed by atoms with van der Waals surface area (Å²) < 4.78 is 0. The van der Waals surface area contributed by atoms with Crippen LogP contribution >= 0.6 is 0 Å². The molecule has 0 amide bonds. The first kappa shape index (κ1) is 11.6. The van der Waals surface area contributed by atoms with Gasteiger partial charge in [-0.2, -0.15) is 0 Å². The molecular formula is C10H13NO4. The third kappa shape index (κ3) is 3.00. The molecule has 2 atom stereocenters. The van der Waals surface area contributed by atoms with E-state index in [4.69, 9.17) is 5.11 Å². The number of carbonyl (C=O) groups is 1. The minimum atomic E-state index is -1.34. The summed E-state index contributed by atoms with van der Waals surface area (Å²) in [5, 5.41) is 27.5. The maximum Gasteiger partial charge on any atom is 0.306 e. The Kier molecular flexibility index (Phi) is 3.76. The minimum absolute atomic E-state index is 0.311. The van der Waals surface area contributed by atoms with Gasteiger partial charge < -0.3 is 15.3 Å². The van der Waals surface area contributed by atoms with Gasteiger partial charge in [0.25, 0.3) is 0 Å². The SMILES string of the molecule is Cc1cccnc1C(O)C(O)CC(=O)O. The quantitative estimate of drug-likeness (QED) is 0.664. The Labute approximate surface area is 87.0 Å². The molecule has 3 N–H and O–H groups in total. The Hall–Kier alpha value is -1.46. The number of carboxylic acid groups (broad SMARTS) is 1. The third-order valence-corrected chi connectivity index (χ3v) is 2.08. The molecule has 0 aliphatic rings. The molecule has 82 valence electrons. The minimum Gasteiger partial charge on any atom is -0.481 e. The molecule has 0 radical (unpaired) electrons. The first-order valence-electron chi connectivity index (χ1n) is 4.52. The summed E-state index contributed by atoms with van der Waals surface area (Å²) in [6, 6.07) is 3.44. The fourth-order valence-corrected chi connectivity index (χ4v) is 1.28. The Morgan fingerprint density at radius 2 is 2.20 bits per heavy atom. The topological polar surface area (TPSA) is 90.7 Å². The van der Waals surface area contributed by atoms with Crippen LogP contribution in [0.4, 0.5) is 0 Å². The van der Waals surface area contributed by atoms with Crippen LogP contribution in [0, 0.1) is 6.92 Å². The van der Waals surface area contributed by atoms with E-state index in [1.54, 1.807) is 19.1 Å². The second-order valence-corrected chi connectivity index (χ2v) is 3.32. The van der Waals surface area contributed by atoms with Crippen LogP contribution in [0.5, 0.6) is 0 Å². The molecule has 0 aromatic carbocycles. The molecule has 1 rings (SSSR count). The lowest BCUT2D eigenvalue weighted by Crippen LogP contribution is -2.23. The summed E-state index contributed by atoms with van der Waals surface area (Å²) in [4.78, 5) is 14.2. The van der Waals surface area contributed by atoms with Crippen LogP contribution in [0.25, 0.3) is 0 Å². The number of aryl methyl sites for hydroxylation is 1. The molecule has 0 saturated carbocycles. The number of rotatable bonds is 4. The summed E-state index contributed by atoms with van der Waals surface area (Å²) in [5.41, 5.74) is 1.03. The molecule has 0 bridgehead atoms. The van der Waals surface area contributed by atoms with Crippen molar-refractivity contribution in [1.82, 2.24) is 4.98 Å². The molecule has 0 aliphatic carbocycles. The molecule has 0 saturated heterocycles. The third-order valence-electron chi connectivity index (χ3n) is 2.08. The normalized spacial score (nSPS) is 14.6. The molecule has 5 heteroatoms. The Bertz CT molecular complexity index is 353. The molecule has 0 fully saturated rings. The van der Waals surface area contributed by atoms with Crippen molar-refractivity contribution < 1.29 is 20.1 Å². The summed E-state index contributed by atoms with van der Waals surface area (Å²) in [7, 11) is 0. The fourth-order valence-electron chi connectivity index (χ4n) is 1.28. The van der Waals surface area contributed by atoms with E-state index in [9.17, 15) is 15.0 Å². The largest absolute Gasteiger partial charge is 0.481 e. The number of hydrogen-bond acceptors (Lipinski definition) is 4. The average Bonchev–Trinajstić information content (AvgIpc) is 2.16. The van der Waals surface area contributed by atoms with Gasteiger partial charge in [0.15, 0.2) is 0 Å². The molecule has 1 heterocycles. The van der Waals surface area contributed by atoms with Crippen molar-refractivity contribution in [2.45, 2.75) is 25.6 Å². The van der Waals surface area contributed by atoms with E-state index >= 15 is 0 Å². The van der Waals surface area contributed by atoms with Crippen LogP contribution in [-0.4, -0.2) is 32.4 Å². The number of aliphatic carboxylic acids is 1. The highest BCUT2D eigenvalue weighted by Crippen LogP contribution is 2.19. The van der Waals surface area contributed by atoms with Crippen LogP contribution in [0.15, 0.2) is 18.3 Å². The van der Waals surface area contributed by atoms with Gasteiger partial charge in [0.2, 0.25) is 0 Å². The highest BCUT2D eigenvalue weighted by atomic mass is 16.4. The molecule has 1 aromatic heterocycles. The van der Waals surface area contributed by atoms with Crippen molar-refractivity contribution in [2.75, 3.05) is 0 Å². The maximum atomic E-state index is 10.3. The van der Waals surface area contributed by atoms with E-state index in [0.717, 1.165) is 5.56 Å². The Morgan fingerprint density at radius 1 is 1.53 bits per heavy atom. The summed E-state index contributed by atoms with van der Waals surface area (Å²) in [6.45, 7) is 1.74. The van der Waals surface area contributed by atoms with Gasteiger partial charge in [0.05, 0.1) is 18.2 Å². The number of hydrogen-bond donors (Lipinski definition) is 3. The monoisotopic (exact) mass is 211 g/mol. The van der Waals surface area contributed by atoms with E-state index in [1.807, 2.05) is 0 Å². The standard InChI is InChI=1S/C10H13NO4/c1-6-3-2-4-11-9(6)10(15)7(12)5-8(13)14/h2-4,7,10,12,15H,5H2,1H3,(H,13,14). The lowest BCUT2D eigenvalue weighted by Gasteiger charge is -2.16. The van der Waals surface area contributed by atoms with Gasteiger partial charge >= 0.3 is 5.97 Å². The Morgan fingerprint density at radius 3 is 2.73 bits per heavy atom. The number of nitrogens with zero attached hydrogens (tertiary/aromatic N) is 1. The van der Waals surface area contributed by atoms with Crippen LogP contribution in [0.1, 0.15) is 23.8 Å². The van der Waals surface area contributed by atoms with Crippen LogP contribution in [-0.2, 0) is 4.79 Å². The molecule has 15 heavy (non-hydrogen) atoms. The second kappa shape index (κ2) is 4.86. The zero-order valence-corrected chi connectivity index (χ0v) is 8.29. The maximum absolute atomic E-state index is 10.3. The number of pyridine rings is 1. The van der Waals surface area contributed by atoms with Crippen LogP contribution in [0.2, 0.25) is 0 Å². The smallest absolute Gasteiger partial charge is 0.306 e. The lowest BCUT2D eigenvalue weighted by atomic mass is 10.0. The predicted octanol–water partition coefficient (Wildman–Crippen LogP) is 0.259. The van der Waals surface area contributed by atoms with Gasteiger partial charge in [0.1, 0.15) is 6.10 Å². The van der Waals surface area contributed by atoms with E-state index in [0.29, 0.717) is 5.69 Å². The van der Waals surface area contributed by atoms with Crippen molar-refractivity contribution in [3.63, 3.8) is 0 Å². The number of aliphatic hydroxyl groups excluding tert-OH is 2. The van der Waals surface area contributed by atoms with Gasteiger partial charge in [-0.15, -0.1) is 0 Å². The molecule has 2 unspecified atom stereocenters. The van der Waals surface area contributed by atoms with Gasteiger partial charge in [0, 0.05) is 6.20 Å². The van der Waals surface area contributed by atoms with Crippen molar-refractivity contribution in [2.24, 2.45) is 0 Å². The van der Waals surface area contributed by atoms with Gasteiger partial charge in [-0.05, 0) is 18.6 Å². The molecule has 0 spiro atoms. The average molecular weight is 211 g/mol. The van der Waals surface area contributed by atoms with Crippen molar-refractivity contribution in [3.8, 4) is 0 Å². The predicted molar refractivity (Wildman–Crippen MR) is 52.2 cm³/mol. The second-order valence-electron chi connectivity index (χ2n) is 3.32. The highest BCUT2D eigenvalue weighted by Gasteiger charge is 2.23. The first-order valence-corrected chi connectivity index (χ1v) is 4.52. The number of carboxylic acids is 1. The van der Waals surface area contributed by atoms with E-state index in [1.165, 1.54) is 6.20 Å². The lowest BCUT2D eigenvalue weighted by molar-refractivity contribution is -0.141. The fraction of sp³-hybridized carbons (Fsp3) is 0.400. The summed E-state index contributed by atoms with van der Waals surface area (Å²) >= 11 is 0. The summed E-state index contributed by atoms with van der Waals surface area (Å²) in [5.74, 6) is -1.16. The van der Waals surface area contributed by atoms with Gasteiger partial charge in [-0.3, -0.25) is 9.78 Å². The highest BCUT2D eigenvalue weighted by molar-refractivity contribution is 5.67. The van der Waals surface area contributed by atoms with E-state index in [-0.39, 0.29) is 0 Å². The van der Waals surface area contributed by atoms with Crippen molar-refractivity contribution >= 4 is 5.97 Å². The zero-order chi connectivity index (χ0) is 11.4. The molecular weight excluding hydrogens is 198 g/mol. The van der Waals surface area contributed by atoms with Gasteiger partial charge in [-0.1, -0.05) is 6.07 Å². The Balaban J connectivity index is 2.80. The number of aromatic nitrogens is 1. The van der Waals surface area contributed by atoms with E-state index in [2.05, 4.69) is 4.98 Å². The van der Waals surface area contributed by atoms with Crippen molar-refractivity contribution in [3.05, 3.63) is 29.6 Å². The molecule has 0 aliphatic heterocycles. The first-order chi connectivity index (χ1) is 7.02. The summed E-state index contributed by atoms with van der Waals surface area (Å²) in [6.07, 6.45) is -1.62. The van der Waals surface area contributed by atoms with Crippen molar-refractivity contribution in [1.29, 1.82) is 0 Å². The molecule has 1 aromatic rings. The number of aliphatic hydroxyl groups is 2. The van der Waals surface area contributed by atoms with Crippen LogP contribution < -0.4 is 0 Å². The molecule has 5 nitrogen and oxygen atoms in total. The van der Waals surface area contributed by atoms with Crippen LogP contribution in [0.3, 0.4) is 0 Å². The van der Waals surface area contributed by atoms with Gasteiger partial charge in [-0.25, -0.2) is 0 Å². The zero-order valence-electron chi connectivity index (χ0n) is 8.29. The van der Waals surface area contributed by atoms with E-state index < -0.39 is 24.6 Å².